The minimum Gasteiger partial charge on any atom is -0.486 e. The first kappa shape index (κ1) is 19.1. The zero-order valence-electron chi connectivity index (χ0n) is 14.6. The van der Waals surface area contributed by atoms with Crippen molar-refractivity contribution in [1.82, 2.24) is 10.2 Å². The number of hydrogen-bond donors (Lipinski definition) is 1. The molecule has 1 fully saturated rings. The van der Waals surface area contributed by atoms with E-state index in [4.69, 9.17) is 16.3 Å². The summed E-state index contributed by atoms with van der Waals surface area (Å²) in [6, 6.07) is 13.5. The van der Waals surface area contributed by atoms with E-state index >= 15 is 0 Å². The van der Waals surface area contributed by atoms with Crippen LogP contribution in [0, 0.1) is 10.1 Å². The van der Waals surface area contributed by atoms with E-state index in [0.717, 1.165) is 5.56 Å². The molecule has 0 saturated carbocycles. The highest BCUT2D eigenvalue weighted by Crippen LogP contribution is 2.27. The largest absolute Gasteiger partial charge is 0.486 e. The molecule has 0 aromatic heterocycles. The second kappa shape index (κ2) is 8.83. The maximum Gasteiger partial charge on any atom is 0.310 e. The Kier molecular flexibility index (Phi) is 6.26. The Hall–Kier alpha value is -2.64. The van der Waals surface area contributed by atoms with Gasteiger partial charge in [0.25, 0.3) is 0 Å². The van der Waals surface area contributed by atoms with Crippen LogP contribution in [0.15, 0.2) is 48.5 Å². The first-order valence-electron chi connectivity index (χ1n) is 8.68. The number of rotatable bonds is 6. The summed E-state index contributed by atoms with van der Waals surface area (Å²) >= 11 is 6.08. The van der Waals surface area contributed by atoms with Crippen molar-refractivity contribution >= 4 is 23.2 Å². The molecule has 1 aliphatic heterocycles. The van der Waals surface area contributed by atoms with Crippen molar-refractivity contribution in [2.24, 2.45) is 0 Å². The topological polar surface area (TPSA) is 84.7 Å². The zero-order valence-corrected chi connectivity index (χ0v) is 15.4. The molecule has 1 saturated heterocycles. The lowest BCUT2D eigenvalue weighted by Gasteiger charge is -2.36. The molecule has 7 nitrogen and oxygen atoms in total. The molecule has 1 heterocycles. The number of nitro benzene ring substituents is 1. The van der Waals surface area contributed by atoms with Crippen molar-refractivity contribution in [1.29, 1.82) is 0 Å². The Morgan fingerprint density at radius 1 is 1.30 bits per heavy atom. The fourth-order valence-corrected chi connectivity index (χ4v) is 3.34. The molecule has 2 aromatic rings. The fourth-order valence-electron chi connectivity index (χ4n) is 3.14. The summed E-state index contributed by atoms with van der Waals surface area (Å²) in [6.07, 6.45) is 0.142. The summed E-state index contributed by atoms with van der Waals surface area (Å²) in [5, 5.41) is 15.0. The standard InChI is InChI=1S/C19H20ClN3O4/c20-15-5-3-4-14(12-15)17-13-21-9-10-22(17)19(24)8-11-27-18-7-2-1-6-16(18)23(25)26/h1-7,12,17,21H,8-11,13H2. The number of benzene rings is 2. The first-order valence-corrected chi connectivity index (χ1v) is 9.06. The number of para-hydroxylation sites is 2. The van der Waals surface area contributed by atoms with Crippen LogP contribution in [0.3, 0.4) is 0 Å². The van der Waals surface area contributed by atoms with Gasteiger partial charge in [0.2, 0.25) is 5.91 Å². The third-order valence-corrected chi connectivity index (χ3v) is 4.67. The average Bonchev–Trinajstić information content (AvgIpc) is 2.68. The number of nitrogens with zero attached hydrogens (tertiary/aromatic N) is 2. The van der Waals surface area contributed by atoms with Gasteiger partial charge in [-0.05, 0) is 23.8 Å². The van der Waals surface area contributed by atoms with E-state index in [1.807, 2.05) is 23.1 Å². The van der Waals surface area contributed by atoms with Gasteiger partial charge in [-0.25, -0.2) is 0 Å². The minimum absolute atomic E-state index is 0.0555. The van der Waals surface area contributed by atoms with Crippen molar-refractivity contribution in [3.63, 3.8) is 0 Å². The van der Waals surface area contributed by atoms with Gasteiger partial charge in [0.1, 0.15) is 0 Å². The van der Waals surface area contributed by atoms with E-state index in [1.165, 1.54) is 12.1 Å². The molecule has 0 radical (unpaired) electrons. The van der Waals surface area contributed by atoms with Gasteiger partial charge >= 0.3 is 5.69 Å². The Balaban J connectivity index is 1.63. The van der Waals surface area contributed by atoms with Crippen molar-refractivity contribution < 1.29 is 14.5 Å². The van der Waals surface area contributed by atoms with Crippen LogP contribution in [-0.2, 0) is 4.79 Å². The number of amides is 1. The predicted molar refractivity (Wildman–Crippen MR) is 102 cm³/mol. The summed E-state index contributed by atoms with van der Waals surface area (Å²) in [4.78, 5) is 25.1. The number of nitrogens with one attached hydrogen (secondary N) is 1. The molecule has 142 valence electrons. The van der Waals surface area contributed by atoms with Gasteiger partial charge in [0, 0.05) is 30.7 Å². The number of halogens is 1. The van der Waals surface area contributed by atoms with Crippen LogP contribution in [-0.4, -0.2) is 42.0 Å². The predicted octanol–water partition coefficient (Wildman–Crippen LogP) is 3.19. The number of carbonyl (C=O) groups is 1. The monoisotopic (exact) mass is 389 g/mol. The van der Waals surface area contributed by atoms with E-state index in [1.54, 1.807) is 18.2 Å². The summed E-state index contributed by atoms with van der Waals surface area (Å²) < 4.78 is 5.49. The van der Waals surface area contributed by atoms with Crippen molar-refractivity contribution in [2.75, 3.05) is 26.2 Å². The number of ether oxygens (including phenoxy) is 1. The average molecular weight is 390 g/mol. The molecule has 1 amide bonds. The van der Waals surface area contributed by atoms with Crippen LogP contribution in [0.2, 0.25) is 5.02 Å². The van der Waals surface area contributed by atoms with E-state index in [9.17, 15) is 14.9 Å². The van der Waals surface area contributed by atoms with E-state index in [2.05, 4.69) is 5.32 Å². The Morgan fingerprint density at radius 2 is 2.11 bits per heavy atom. The summed E-state index contributed by atoms with van der Waals surface area (Å²) in [5.41, 5.74) is 0.867. The maximum atomic E-state index is 12.7. The second-order valence-corrected chi connectivity index (χ2v) is 6.62. The summed E-state index contributed by atoms with van der Waals surface area (Å²) in [6.45, 7) is 2.03. The Labute approximate surface area is 162 Å². The van der Waals surface area contributed by atoms with Crippen molar-refractivity contribution in [3.8, 4) is 5.75 Å². The van der Waals surface area contributed by atoms with Gasteiger partial charge in [-0.1, -0.05) is 35.9 Å². The van der Waals surface area contributed by atoms with Crippen LogP contribution in [0.4, 0.5) is 5.69 Å². The molecular formula is C19H20ClN3O4. The molecule has 1 N–H and O–H groups in total. The van der Waals surface area contributed by atoms with Gasteiger partial charge in [0.15, 0.2) is 5.75 Å². The van der Waals surface area contributed by atoms with Crippen LogP contribution in [0.5, 0.6) is 5.75 Å². The fraction of sp³-hybridized carbons (Fsp3) is 0.316. The highest BCUT2D eigenvalue weighted by molar-refractivity contribution is 6.30. The van der Waals surface area contributed by atoms with E-state index in [0.29, 0.717) is 24.7 Å². The quantitative estimate of drug-likeness (QED) is 0.605. The molecule has 27 heavy (non-hydrogen) atoms. The van der Waals surface area contributed by atoms with Crippen molar-refractivity contribution in [2.45, 2.75) is 12.5 Å². The molecule has 0 bridgehead atoms. The molecule has 0 spiro atoms. The van der Waals surface area contributed by atoms with Gasteiger partial charge in [0.05, 0.1) is 24.0 Å². The number of nitro groups is 1. The minimum atomic E-state index is -0.497. The van der Waals surface area contributed by atoms with Gasteiger partial charge in [-0.2, -0.15) is 0 Å². The molecular weight excluding hydrogens is 370 g/mol. The van der Waals surface area contributed by atoms with Crippen LogP contribution >= 0.6 is 11.6 Å². The Morgan fingerprint density at radius 3 is 2.89 bits per heavy atom. The molecule has 0 aliphatic carbocycles. The third kappa shape index (κ3) is 4.75. The molecule has 2 aromatic carbocycles. The van der Waals surface area contributed by atoms with Gasteiger partial charge in [-0.15, -0.1) is 0 Å². The number of hydrogen-bond acceptors (Lipinski definition) is 5. The summed E-state index contributed by atoms with van der Waals surface area (Å²) in [5.74, 6) is 0.113. The number of carbonyl (C=O) groups excluding carboxylic acids is 1. The maximum absolute atomic E-state index is 12.7. The molecule has 8 heteroatoms. The van der Waals surface area contributed by atoms with Crippen LogP contribution < -0.4 is 10.1 Å². The van der Waals surface area contributed by atoms with Crippen molar-refractivity contribution in [3.05, 3.63) is 69.2 Å². The third-order valence-electron chi connectivity index (χ3n) is 4.43. The zero-order chi connectivity index (χ0) is 19.2. The first-order chi connectivity index (χ1) is 13.1. The van der Waals surface area contributed by atoms with E-state index < -0.39 is 4.92 Å². The molecule has 1 unspecified atom stereocenters. The van der Waals surface area contributed by atoms with Gasteiger partial charge < -0.3 is 15.0 Å². The molecule has 1 atom stereocenters. The number of piperazine rings is 1. The lowest BCUT2D eigenvalue weighted by Crippen LogP contribution is -2.48. The molecule has 3 rings (SSSR count). The smallest absolute Gasteiger partial charge is 0.310 e. The lowest BCUT2D eigenvalue weighted by molar-refractivity contribution is -0.385. The normalized spacial score (nSPS) is 16.8. The highest BCUT2D eigenvalue weighted by atomic mass is 35.5. The van der Waals surface area contributed by atoms with Gasteiger partial charge in [-0.3, -0.25) is 14.9 Å². The van der Waals surface area contributed by atoms with Crippen LogP contribution in [0.25, 0.3) is 0 Å². The molecule has 1 aliphatic rings. The lowest BCUT2D eigenvalue weighted by atomic mass is 10.0. The second-order valence-electron chi connectivity index (χ2n) is 6.19. The van der Waals surface area contributed by atoms with E-state index in [-0.39, 0.29) is 36.4 Å². The highest BCUT2D eigenvalue weighted by Gasteiger charge is 2.28. The van der Waals surface area contributed by atoms with Crippen LogP contribution in [0.1, 0.15) is 18.0 Å². The summed E-state index contributed by atoms with van der Waals surface area (Å²) in [7, 11) is 0. The SMILES string of the molecule is O=C(CCOc1ccccc1[N+](=O)[O-])N1CCNCC1c1cccc(Cl)c1. The Bertz CT molecular complexity index is 830.